The van der Waals surface area contributed by atoms with Gasteiger partial charge in [0.1, 0.15) is 11.2 Å². The lowest BCUT2D eigenvalue weighted by atomic mass is 9.76. The Balaban J connectivity index is 1.45. The van der Waals surface area contributed by atoms with Crippen molar-refractivity contribution in [1.82, 2.24) is 15.1 Å². The molecule has 10 heteroatoms. The first-order valence-corrected chi connectivity index (χ1v) is 10.9. The molecule has 3 N–H and O–H groups in total. The molecule has 1 saturated heterocycles. The minimum absolute atomic E-state index is 0.224. The fourth-order valence-electron chi connectivity index (χ4n) is 3.68. The van der Waals surface area contributed by atoms with E-state index in [0.29, 0.717) is 38.3 Å². The molecular weight excluding hydrogens is 413 g/mol. The van der Waals surface area contributed by atoms with Crippen LogP contribution in [0.3, 0.4) is 0 Å². The van der Waals surface area contributed by atoms with E-state index >= 15 is 0 Å². The Morgan fingerprint density at radius 2 is 1.88 bits per heavy atom. The summed E-state index contributed by atoms with van der Waals surface area (Å²) in [4.78, 5) is 28.4. The Kier molecular flexibility index (Phi) is 7.81. The molecule has 1 aliphatic rings. The first kappa shape index (κ1) is 24.1. The van der Waals surface area contributed by atoms with E-state index in [4.69, 9.17) is 9.15 Å². The van der Waals surface area contributed by atoms with Crippen LogP contribution in [0.15, 0.2) is 34.9 Å². The summed E-state index contributed by atoms with van der Waals surface area (Å²) >= 11 is 0. The molecule has 1 unspecified atom stereocenters. The lowest BCUT2D eigenvalue weighted by molar-refractivity contribution is -0.122. The molecular formula is C22H32BN3O6. The highest BCUT2D eigenvalue weighted by atomic mass is 16.6. The molecule has 0 radical (unpaired) electrons. The SMILES string of the molecule is CC(C)(C)OC(=O)N1CCN(CCC(=O)NC(Cc2coc3ccccc23)B(O)O)CC1. The molecule has 0 saturated carbocycles. The molecule has 32 heavy (non-hydrogen) atoms. The predicted molar refractivity (Wildman–Crippen MR) is 121 cm³/mol. The van der Waals surface area contributed by atoms with Crippen LogP contribution >= 0.6 is 0 Å². The summed E-state index contributed by atoms with van der Waals surface area (Å²) in [5.41, 5.74) is 0.992. The Labute approximate surface area is 188 Å². The van der Waals surface area contributed by atoms with Gasteiger partial charge in [-0.25, -0.2) is 4.79 Å². The third kappa shape index (κ3) is 6.72. The van der Waals surface area contributed by atoms with Gasteiger partial charge in [-0.05, 0) is 38.8 Å². The maximum Gasteiger partial charge on any atom is 0.475 e. The number of furan rings is 1. The maximum atomic E-state index is 12.5. The summed E-state index contributed by atoms with van der Waals surface area (Å²) in [6.07, 6.45) is 1.73. The van der Waals surface area contributed by atoms with Gasteiger partial charge in [0.2, 0.25) is 5.91 Å². The number of carbonyl (C=O) groups excluding carboxylic acids is 2. The molecule has 0 bridgehead atoms. The Hall–Kier alpha value is -2.56. The Morgan fingerprint density at radius 3 is 2.53 bits per heavy atom. The van der Waals surface area contributed by atoms with E-state index in [1.807, 2.05) is 45.0 Å². The van der Waals surface area contributed by atoms with Crippen molar-refractivity contribution in [3.05, 3.63) is 36.1 Å². The highest BCUT2D eigenvalue weighted by Gasteiger charge is 2.28. The number of hydrogen-bond donors (Lipinski definition) is 3. The number of carbonyl (C=O) groups is 2. The van der Waals surface area contributed by atoms with E-state index in [9.17, 15) is 19.6 Å². The van der Waals surface area contributed by atoms with Crippen molar-refractivity contribution in [2.45, 2.75) is 45.2 Å². The second-order valence-electron chi connectivity index (χ2n) is 9.11. The summed E-state index contributed by atoms with van der Waals surface area (Å²) in [5, 5.41) is 23.1. The van der Waals surface area contributed by atoms with Crippen LogP contribution in [0.4, 0.5) is 4.79 Å². The van der Waals surface area contributed by atoms with Crippen LogP contribution < -0.4 is 5.32 Å². The van der Waals surface area contributed by atoms with E-state index in [1.165, 1.54) is 0 Å². The van der Waals surface area contributed by atoms with E-state index in [1.54, 1.807) is 11.2 Å². The van der Waals surface area contributed by atoms with Gasteiger partial charge in [0.15, 0.2) is 0 Å². The second-order valence-corrected chi connectivity index (χ2v) is 9.11. The van der Waals surface area contributed by atoms with Gasteiger partial charge in [-0.3, -0.25) is 9.69 Å². The number of benzene rings is 1. The summed E-state index contributed by atoms with van der Waals surface area (Å²) in [7, 11) is -1.69. The fourth-order valence-corrected chi connectivity index (χ4v) is 3.68. The molecule has 1 atom stereocenters. The van der Waals surface area contributed by atoms with Crippen LogP contribution in [-0.4, -0.2) is 83.2 Å². The topological polar surface area (TPSA) is 115 Å². The van der Waals surface area contributed by atoms with E-state index in [-0.39, 0.29) is 24.8 Å². The van der Waals surface area contributed by atoms with Gasteiger partial charge in [0.25, 0.3) is 0 Å². The van der Waals surface area contributed by atoms with Crippen molar-refractivity contribution in [2.24, 2.45) is 0 Å². The zero-order valence-corrected chi connectivity index (χ0v) is 18.9. The molecule has 2 aromatic rings. The van der Waals surface area contributed by atoms with E-state index < -0.39 is 18.7 Å². The van der Waals surface area contributed by atoms with Gasteiger partial charge < -0.3 is 29.4 Å². The van der Waals surface area contributed by atoms with Crippen molar-refractivity contribution in [2.75, 3.05) is 32.7 Å². The molecule has 174 valence electrons. The summed E-state index contributed by atoms with van der Waals surface area (Å²) in [5.74, 6) is -1.10. The first-order valence-electron chi connectivity index (χ1n) is 10.9. The average molecular weight is 445 g/mol. The van der Waals surface area contributed by atoms with Crippen LogP contribution in [0.25, 0.3) is 11.0 Å². The smallest absolute Gasteiger partial charge is 0.464 e. The number of piperazine rings is 1. The molecule has 3 rings (SSSR count). The quantitative estimate of drug-likeness (QED) is 0.552. The van der Waals surface area contributed by atoms with E-state index in [0.717, 1.165) is 10.9 Å². The fraction of sp³-hybridized carbons (Fsp3) is 0.545. The molecule has 2 amide bonds. The molecule has 0 aliphatic carbocycles. The van der Waals surface area contributed by atoms with Crippen molar-refractivity contribution >= 4 is 30.1 Å². The van der Waals surface area contributed by atoms with Gasteiger partial charge in [0, 0.05) is 44.5 Å². The van der Waals surface area contributed by atoms with Crippen molar-refractivity contribution in [3.8, 4) is 0 Å². The molecule has 1 fully saturated rings. The number of amides is 2. The summed E-state index contributed by atoms with van der Waals surface area (Å²) in [6, 6.07) is 7.48. The standard InChI is InChI=1S/C22H32BN3O6/c1-22(2,3)32-21(28)26-12-10-25(11-13-26)9-8-20(27)24-19(23(29)30)14-16-15-31-18-7-5-4-6-17(16)18/h4-7,15,19,29-30H,8-14H2,1-3H3,(H,24,27). The summed E-state index contributed by atoms with van der Waals surface area (Å²) in [6.45, 7) is 8.43. The molecule has 1 aromatic heterocycles. The number of rotatable bonds is 7. The first-order chi connectivity index (χ1) is 15.1. The lowest BCUT2D eigenvalue weighted by Crippen LogP contribution is -2.51. The maximum absolute atomic E-state index is 12.5. The normalized spacial score (nSPS) is 16.1. The van der Waals surface area contributed by atoms with Gasteiger partial charge in [-0.2, -0.15) is 0 Å². The minimum Gasteiger partial charge on any atom is -0.464 e. The third-order valence-corrected chi connectivity index (χ3v) is 5.39. The minimum atomic E-state index is -1.69. The predicted octanol–water partition coefficient (Wildman–Crippen LogP) is 1.41. The Bertz CT molecular complexity index is 918. The molecule has 2 heterocycles. The van der Waals surface area contributed by atoms with Crippen molar-refractivity contribution < 1.29 is 28.8 Å². The van der Waals surface area contributed by atoms with Crippen LogP contribution in [0, 0.1) is 0 Å². The number of nitrogens with one attached hydrogen (secondary N) is 1. The molecule has 1 aromatic carbocycles. The van der Waals surface area contributed by atoms with Gasteiger partial charge in [0.05, 0.1) is 12.2 Å². The second kappa shape index (κ2) is 10.4. The van der Waals surface area contributed by atoms with Crippen LogP contribution in [0.2, 0.25) is 0 Å². The number of fused-ring (bicyclic) bond motifs is 1. The summed E-state index contributed by atoms with van der Waals surface area (Å²) < 4.78 is 10.9. The highest BCUT2D eigenvalue weighted by molar-refractivity contribution is 6.43. The number of para-hydroxylation sites is 1. The van der Waals surface area contributed by atoms with Crippen molar-refractivity contribution in [1.29, 1.82) is 0 Å². The molecule has 0 spiro atoms. The number of nitrogens with zero attached hydrogens (tertiary/aromatic N) is 2. The third-order valence-electron chi connectivity index (χ3n) is 5.39. The van der Waals surface area contributed by atoms with E-state index in [2.05, 4.69) is 10.2 Å². The van der Waals surface area contributed by atoms with Crippen LogP contribution in [-0.2, 0) is 16.0 Å². The zero-order valence-electron chi connectivity index (χ0n) is 18.9. The Morgan fingerprint density at radius 1 is 1.19 bits per heavy atom. The van der Waals surface area contributed by atoms with Gasteiger partial charge in [-0.1, -0.05) is 18.2 Å². The number of ether oxygens (including phenoxy) is 1. The highest BCUT2D eigenvalue weighted by Crippen LogP contribution is 2.22. The lowest BCUT2D eigenvalue weighted by Gasteiger charge is -2.35. The molecule has 9 nitrogen and oxygen atoms in total. The average Bonchev–Trinajstić information content (AvgIpc) is 3.14. The number of hydrogen-bond acceptors (Lipinski definition) is 7. The molecule has 1 aliphatic heterocycles. The van der Waals surface area contributed by atoms with Gasteiger partial charge >= 0.3 is 13.2 Å². The van der Waals surface area contributed by atoms with Crippen LogP contribution in [0.5, 0.6) is 0 Å². The van der Waals surface area contributed by atoms with Crippen LogP contribution in [0.1, 0.15) is 32.8 Å². The largest absolute Gasteiger partial charge is 0.475 e. The van der Waals surface area contributed by atoms with Gasteiger partial charge in [-0.15, -0.1) is 0 Å². The monoisotopic (exact) mass is 445 g/mol. The van der Waals surface area contributed by atoms with Crippen molar-refractivity contribution in [3.63, 3.8) is 0 Å². The zero-order chi connectivity index (χ0) is 23.3.